The summed E-state index contributed by atoms with van der Waals surface area (Å²) in [6.45, 7) is 2.89. The van der Waals surface area contributed by atoms with E-state index < -0.39 is 10.0 Å². The highest BCUT2D eigenvalue weighted by Crippen LogP contribution is 2.31. The lowest BCUT2D eigenvalue weighted by molar-refractivity contribution is 0.181. The minimum Gasteiger partial charge on any atom is -0.383 e. The Kier molecular flexibility index (Phi) is 6.57. The van der Waals surface area contributed by atoms with Crippen molar-refractivity contribution >= 4 is 48.9 Å². The predicted molar refractivity (Wildman–Crippen MR) is 78.5 cm³/mol. The van der Waals surface area contributed by atoms with E-state index in [0.717, 1.165) is 16.9 Å². The Morgan fingerprint density at radius 3 is 2.61 bits per heavy atom. The van der Waals surface area contributed by atoms with Crippen LogP contribution in [0.5, 0.6) is 0 Å². The fraction of sp³-hybridized carbons (Fsp3) is 0.600. The van der Waals surface area contributed by atoms with Crippen LogP contribution in [-0.4, -0.2) is 44.9 Å². The fourth-order valence-electron chi connectivity index (χ4n) is 1.33. The molecule has 104 valence electrons. The number of halogens is 2. The summed E-state index contributed by atoms with van der Waals surface area (Å²) < 4.78 is 31.9. The van der Waals surface area contributed by atoms with Crippen molar-refractivity contribution in [2.75, 3.05) is 32.1 Å². The molecular weight excluding hydrogens is 362 g/mol. The smallest absolute Gasteiger partial charge is 0.252 e. The number of hydrogen-bond donors (Lipinski definition) is 0. The lowest BCUT2D eigenvalue weighted by Crippen LogP contribution is -2.35. The fourth-order valence-corrected chi connectivity index (χ4v) is 5.28. The third kappa shape index (κ3) is 3.91. The number of methoxy groups -OCH3 is 1. The van der Waals surface area contributed by atoms with Crippen molar-refractivity contribution in [3.8, 4) is 0 Å². The minimum atomic E-state index is -3.48. The second-order valence-corrected chi connectivity index (χ2v) is 8.22. The van der Waals surface area contributed by atoms with Gasteiger partial charge >= 0.3 is 0 Å². The van der Waals surface area contributed by atoms with Gasteiger partial charge in [0, 0.05) is 25.5 Å². The van der Waals surface area contributed by atoms with Gasteiger partial charge in [-0.15, -0.1) is 11.3 Å². The van der Waals surface area contributed by atoms with Crippen molar-refractivity contribution in [3.05, 3.63) is 16.0 Å². The van der Waals surface area contributed by atoms with Gasteiger partial charge in [-0.2, -0.15) is 4.31 Å². The van der Waals surface area contributed by atoms with Crippen LogP contribution in [0.3, 0.4) is 0 Å². The van der Waals surface area contributed by atoms with Gasteiger partial charge in [0.2, 0.25) is 0 Å². The highest BCUT2D eigenvalue weighted by atomic mass is 79.9. The van der Waals surface area contributed by atoms with E-state index in [9.17, 15) is 8.42 Å². The van der Waals surface area contributed by atoms with E-state index >= 15 is 0 Å². The largest absolute Gasteiger partial charge is 0.383 e. The zero-order valence-corrected chi connectivity index (χ0v) is 14.1. The van der Waals surface area contributed by atoms with E-state index in [0.29, 0.717) is 29.4 Å². The molecule has 18 heavy (non-hydrogen) atoms. The summed E-state index contributed by atoms with van der Waals surface area (Å²) in [6, 6.07) is 1.61. The monoisotopic (exact) mass is 375 g/mol. The standard InChI is InChI=1S/C10H15BrClNO3S2/c1-8-7-9(17-10(8)12)18(14,15)13(4-3-11)5-6-16-2/h7H,3-6H2,1-2H3. The van der Waals surface area contributed by atoms with E-state index in [1.807, 2.05) is 0 Å². The normalized spacial score (nSPS) is 12.3. The summed E-state index contributed by atoms with van der Waals surface area (Å²) in [6.07, 6.45) is 0. The van der Waals surface area contributed by atoms with Gasteiger partial charge < -0.3 is 4.74 Å². The molecule has 0 spiro atoms. The summed E-state index contributed by atoms with van der Waals surface area (Å²) >= 11 is 10.3. The lowest BCUT2D eigenvalue weighted by Gasteiger charge is -2.19. The molecule has 0 saturated heterocycles. The SMILES string of the molecule is COCCN(CCBr)S(=O)(=O)c1cc(C)c(Cl)s1. The summed E-state index contributed by atoms with van der Waals surface area (Å²) in [5.74, 6) is 0. The maximum absolute atomic E-state index is 12.4. The van der Waals surface area contributed by atoms with Crippen molar-refractivity contribution in [1.82, 2.24) is 4.31 Å². The molecule has 0 N–H and O–H groups in total. The Hall–Kier alpha value is 0.340. The van der Waals surface area contributed by atoms with Crippen molar-refractivity contribution in [3.63, 3.8) is 0 Å². The molecule has 0 aliphatic carbocycles. The molecule has 0 atom stereocenters. The first kappa shape index (κ1) is 16.4. The number of thiophene rings is 1. The van der Waals surface area contributed by atoms with Gasteiger partial charge in [-0.1, -0.05) is 27.5 Å². The first-order valence-electron chi connectivity index (χ1n) is 5.24. The van der Waals surface area contributed by atoms with E-state index in [-0.39, 0.29) is 4.21 Å². The van der Waals surface area contributed by atoms with Crippen molar-refractivity contribution < 1.29 is 13.2 Å². The number of alkyl halides is 1. The third-order valence-electron chi connectivity index (χ3n) is 2.31. The second kappa shape index (κ2) is 7.21. The Balaban J connectivity index is 3.00. The molecule has 0 saturated carbocycles. The van der Waals surface area contributed by atoms with Crippen LogP contribution in [0.4, 0.5) is 0 Å². The molecule has 0 aromatic carbocycles. The van der Waals surface area contributed by atoms with Crippen LogP contribution < -0.4 is 0 Å². The molecule has 4 nitrogen and oxygen atoms in total. The third-order valence-corrected chi connectivity index (χ3v) is 6.57. The van der Waals surface area contributed by atoms with Gasteiger partial charge in [-0.05, 0) is 18.6 Å². The number of sulfonamides is 1. The van der Waals surface area contributed by atoms with E-state index in [1.165, 1.54) is 4.31 Å². The van der Waals surface area contributed by atoms with Crippen LogP contribution in [0.2, 0.25) is 4.34 Å². The van der Waals surface area contributed by atoms with E-state index in [4.69, 9.17) is 16.3 Å². The van der Waals surface area contributed by atoms with E-state index in [2.05, 4.69) is 15.9 Å². The molecule has 0 aliphatic heterocycles. The average Bonchev–Trinajstić information content (AvgIpc) is 2.65. The van der Waals surface area contributed by atoms with Crippen LogP contribution in [0.15, 0.2) is 10.3 Å². The molecule has 1 rings (SSSR count). The summed E-state index contributed by atoms with van der Waals surface area (Å²) in [4.78, 5) is 0. The van der Waals surface area contributed by atoms with Crippen LogP contribution in [-0.2, 0) is 14.8 Å². The molecule has 0 radical (unpaired) electrons. The molecule has 0 amide bonds. The molecule has 0 fully saturated rings. The van der Waals surface area contributed by atoms with Gasteiger partial charge in [0.1, 0.15) is 4.21 Å². The van der Waals surface area contributed by atoms with Gasteiger partial charge in [0.25, 0.3) is 10.0 Å². The maximum atomic E-state index is 12.4. The molecule has 0 aliphatic rings. The molecule has 8 heteroatoms. The molecule has 1 heterocycles. The zero-order valence-electron chi connectivity index (χ0n) is 10.2. The average molecular weight is 377 g/mol. The Labute approximate surface area is 125 Å². The number of aryl methyl sites for hydroxylation is 1. The van der Waals surface area contributed by atoms with Crippen molar-refractivity contribution in [2.24, 2.45) is 0 Å². The van der Waals surface area contributed by atoms with Crippen LogP contribution in [0.1, 0.15) is 5.56 Å². The van der Waals surface area contributed by atoms with Crippen molar-refractivity contribution in [1.29, 1.82) is 0 Å². The number of nitrogens with zero attached hydrogens (tertiary/aromatic N) is 1. The van der Waals surface area contributed by atoms with Crippen molar-refractivity contribution in [2.45, 2.75) is 11.1 Å². The Bertz CT molecular complexity index is 470. The summed E-state index contributed by atoms with van der Waals surface area (Å²) in [5, 5.41) is 0.577. The lowest BCUT2D eigenvalue weighted by atomic mass is 10.4. The van der Waals surface area contributed by atoms with Crippen LogP contribution in [0, 0.1) is 6.92 Å². The topological polar surface area (TPSA) is 46.6 Å². The first-order chi connectivity index (χ1) is 8.43. The number of rotatable bonds is 7. The second-order valence-electron chi connectivity index (χ2n) is 3.61. The number of ether oxygens (including phenoxy) is 1. The Morgan fingerprint density at radius 1 is 1.50 bits per heavy atom. The predicted octanol–water partition coefficient (Wildman–Crippen LogP) is 2.74. The summed E-state index contributed by atoms with van der Waals surface area (Å²) in [5.41, 5.74) is 0.783. The number of hydrogen-bond acceptors (Lipinski definition) is 4. The molecule has 0 unspecified atom stereocenters. The molecular formula is C10H15BrClNO3S2. The highest BCUT2D eigenvalue weighted by Gasteiger charge is 2.26. The van der Waals surface area contributed by atoms with E-state index in [1.54, 1.807) is 20.1 Å². The summed E-state index contributed by atoms with van der Waals surface area (Å²) in [7, 11) is -1.93. The minimum absolute atomic E-state index is 0.280. The van der Waals surface area contributed by atoms with Gasteiger partial charge in [0.15, 0.2) is 0 Å². The zero-order chi connectivity index (χ0) is 13.8. The molecule has 0 bridgehead atoms. The van der Waals surface area contributed by atoms with Gasteiger partial charge in [-0.25, -0.2) is 8.42 Å². The highest BCUT2D eigenvalue weighted by molar-refractivity contribution is 9.09. The van der Waals surface area contributed by atoms with Crippen LogP contribution in [0.25, 0.3) is 0 Å². The van der Waals surface area contributed by atoms with Gasteiger partial charge in [0.05, 0.1) is 10.9 Å². The molecule has 1 aromatic rings. The van der Waals surface area contributed by atoms with Gasteiger partial charge in [-0.3, -0.25) is 0 Å². The van der Waals surface area contributed by atoms with Crippen LogP contribution >= 0.6 is 38.9 Å². The Morgan fingerprint density at radius 2 is 2.17 bits per heavy atom. The quantitative estimate of drug-likeness (QED) is 0.687. The first-order valence-corrected chi connectivity index (χ1v) is 9.00. The molecule has 1 aromatic heterocycles. The maximum Gasteiger partial charge on any atom is 0.252 e.